The van der Waals surface area contributed by atoms with E-state index in [1.165, 1.54) is 13.1 Å². The van der Waals surface area contributed by atoms with Crippen molar-refractivity contribution in [1.29, 1.82) is 0 Å². The molecule has 5 atom stereocenters. The zero-order chi connectivity index (χ0) is 25.2. The van der Waals surface area contributed by atoms with E-state index in [9.17, 15) is 33.1 Å². The second kappa shape index (κ2) is 10.4. The summed E-state index contributed by atoms with van der Waals surface area (Å²) < 4.78 is 52.6. The predicted octanol–water partition coefficient (Wildman–Crippen LogP) is 0.257. The highest BCUT2D eigenvalue weighted by Gasteiger charge is 2.44. The molecule has 188 valence electrons. The number of oxime groups is 1. The van der Waals surface area contributed by atoms with Gasteiger partial charge in [-0.3, -0.25) is 18.9 Å². The lowest BCUT2D eigenvalue weighted by molar-refractivity contribution is -0.0605. The number of ether oxygens (including phenoxy) is 1. The van der Waals surface area contributed by atoms with Gasteiger partial charge in [-0.2, -0.15) is 8.62 Å². The van der Waals surface area contributed by atoms with Crippen LogP contribution in [0.4, 0.5) is 0 Å². The zero-order valence-electron chi connectivity index (χ0n) is 17.3. The third-order valence-electron chi connectivity index (χ3n) is 3.83. The van der Waals surface area contributed by atoms with Crippen molar-refractivity contribution in [2.75, 3.05) is 6.61 Å². The first kappa shape index (κ1) is 27.8. The lowest BCUT2D eigenvalue weighted by Gasteiger charge is -2.20. The minimum absolute atomic E-state index is 0.0212. The normalized spacial score (nSPS) is 24.6. The van der Waals surface area contributed by atoms with Gasteiger partial charge in [0.2, 0.25) is 0 Å². The number of phosphoric acid groups is 3. The Bertz CT molecular complexity index is 1150. The topological polar surface area (TPSA) is 245 Å². The van der Waals surface area contributed by atoms with E-state index in [1.807, 2.05) is 0 Å². The summed E-state index contributed by atoms with van der Waals surface area (Å²) in [7, 11) is -16.6. The minimum atomic E-state index is -5.69. The fraction of sp³-hybridized carbons (Fsp3) is 0.615. The predicted molar refractivity (Wildman–Crippen MR) is 108 cm³/mol. The van der Waals surface area contributed by atoms with Gasteiger partial charge in [0.25, 0.3) is 5.56 Å². The van der Waals surface area contributed by atoms with Crippen LogP contribution in [0.25, 0.3) is 0 Å². The standard InChI is InChI=1S/C13H22N3O14P3/c1-7(2)15-28-9-4-11(16-5-8(3)12(17)14-13(16)18)27-10(9)6-26-32(22,23)30-33(24,25)29-31(19,20)21/h5,9-11H,4,6H2,1-3H3,(H,22,23)(H,24,25)(H,14,17,18)(H2,19,20,21). The quantitative estimate of drug-likeness (QED) is 0.153. The Morgan fingerprint density at radius 2 is 1.82 bits per heavy atom. The van der Waals surface area contributed by atoms with Crippen molar-refractivity contribution in [3.8, 4) is 0 Å². The van der Waals surface area contributed by atoms with Crippen LogP contribution in [0.15, 0.2) is 20.9 Å². The fourth-order valence-corrected chi connectivity index (χ4v) is 5.61. The van der Waals surface area contributed by atoms with Crippen LogP contribution >= 0.6 is 23.5 Å². The van der Waals surface area contributed by atoms with Crippen LogP contribution in [0.5, 0.6) is 0 Å². The summed E-state index contributed by atoms with van der Waals surface area (Å²) in [4.78, 5) is 67.1. The summed E-state index contributed by atoms with van der Waals surface area (Å²) in [5.41, 5.74) is -0.688. The highest BCUT2D eigenvalue weighted by atomic mass is 31.3. The van der Waals surface area contributed by atoms with Crippen LogP contribution in [-0.2, 0) is 36.4 Å². The average Bonchev–Trinajstić information content (AvgIpc) is 3.01. The molecule has 5 unspecified atom stereocenters. The molecule has 5 N–H and O–H groups in total. The van der Waals surface area contributed by atoms with Crippen molar-refractivity contribution >= 4 is 29.2 Å². The Morgan fingerprint density at radius 3 is 2.39 bits per heavy atom. The van der Waals surface area contributed by atoms with E-state index in [4.69, 9.17) is 19.4 Å². The maximum atomic E-state index is 12.1. The number of nitrogens with one attached hydrogen (secondary N) is 1. The number of phosphoric ester groups is 1. The summed E-state index contributed by atoms with van der Waals surface area (Å²) in [6, 6.07) is 0. The van der Waals surface area contributed by atoms with E-state index in [0.29, 0.717) is 5.71 Å². The van der Waals surface area contributed by atoms with Gasteiger partial charge in [0.1, 0.15) is 12.3 Å². The highest BCUT2D eigenvalue weighted by Crippen LogP contribution is 2.66. The van der Waals surface area contributed by atoms with Crippen LogP contribution in [-0.4, -0.2) is 53.7 Å². The van der Waals surface area contributed by atoms with E-state index in [0.717, 1.165) is 4.57 Å². The summed E-state index contributed by atoms with van der Waals surface area (Å²) in [6.45, 7) is 3.88. The SMILES string of the molecule is CC(C)=NOC1CC(n2cc(C)c(=O)[nH]c2=O)OC1COP(=O)(O)OP(=O)(O)OP(=O)(O)O. The van der Waals surface area contributed by atoms with Crippen molar-refractivity contribution in [3.63, 3.8) is 0 Å². The van der Waals surface area contributed by atoms with Crippen LogP contribution in [0.3, 0.4) is 0 Å². The monoisotopic (exact) mass is 537 g/mol. The van der Waals surface area contributed by atoms with Crippen LogP contribution in [0.2, 0.25) is 0 Å². The van der Waals surface area contributed by atoms with Gasteiger partial charge in [0, 0.05) is 18.2 Å². The molecule has 1 aliphatic rings. The van der Waals surface area contributed by atoms with Crippen molar-refractivity contribution in [1.82, 2.24) is 9.55 Å². The number of aromatic amines is 1. The van der Waals surface area contributed by atoms with Crippen molar-refractivity contribution in [3.05, 3.63) is 32.6 Å². The van der Waals surface area contributed by atoms with Crippen molar-refractivity contribution < 1.29 is 56.0 Å². The van der Waals surface area contributed by atoms with Crippen LogP contribution in [0, 0.1) is 6.92 Å². The van der Waals surface area contributed by atoms with Gasteiger partial charge >= 0.3 is 29.2 Å². The third-order valence-corrected chi connectivity index (χ3v) is 7.63. The summed E-state index contributed by atoms with van der Waals surface area (Å²) in [5, 5.41) is 3.77. The minimum Gasteiger partial charge on any atom is -0.389 e. The first-order chi connectivity index (χ1) is 15.0. The lowest BCUT2D eigenvalue weighted by Crippen LogP contribution is -2.33. The number of hydrogen-bond acceptors (Lipinski definition) is 11. The molecule has 0 amide bonds. The highest BCUT2D eigenvalue weighted by molar-refractivity contribution is 7.66. The molecule has 2 rings (SSSR count). The van der Waals surface area contributed by atoms with Gasteiger partial charge in [-0.25, -0.2) is 18.5 Å². The largest absolute Gasteiger partial charge is 0.490 e. The molecular weight excluding hydrogens is 515 g/mol. The fourth-order valence-electron chi connectivity index (χ4n) is 2.58. The van der Waals surface area contributed by atoms with Gasteiger partial charge in [0.05, 0.1) is 12.3 Å². The number of aromatic nitrogens is 2. The Morgan fingerprint density at radius 1 is 1.18 bits per heavy atom. The number of hydrogen-bond donors (Lipinski definition) is 5. The van der Waals surface area contributed by atoms with Gasteiger partial charge in [-0.15, -0.1) is 0 Å². The smallest absolute Gasteiger partial charge is 0.389 e. The maximum Gasteiger partial charge on any atom is 0.490 e. The Hall–Kier alpha value is -1.48. The molecular formula is C13H22N3O14P3. The molecule has 1 fully saturated rings. The summed E-state index contributed by atoms with van der Waals surface area (Å²) in [6.07, 6.45) is -1.92. The first-order valence-electron chi connectivity index (χ1n) is 8.91. The molecule has 0 aliphatic carbocycles. The molecule has 0 bridgehead atoms. The number of rotatable bonds is 10. The molecule has 1 aromatic rings. The lowest BCUT2D eigenvalue weighted by atomic mass is 10.2. The summed E-state index contributed by atoms with van der Waals surface area (Å²) >= 11 is 0. The molecule has 1 saturated heterocycles. The van der Waals surface area contributed by atoms with E-state index >= 15 is 0 Å². The third kappa shape index (κ3) is 8.67. The number of H-pyrrole nitrogens is 1. The zero-order valence-corrected chi connectivity index (χ0v) is 20.0. The molecule has 0 saturated carbocycles. The molecule has 0 spiro atoms. The number of aryl methyl sites for hydroxylation is 1. The van der Waals surface area contributed by atoms with Crippen molar-refractivity contribution in [2.45, 2.75) is 45.6 Å². The molecule has 0 radical (unpaired) electrons. The van der Waals surface area contributed by atoms with E-state index < -0.39 is 59.8 Å². The second-order valence-corrected chi connectivity index (χ2v) is 11.3. The summed E-state index contributed by atoms with van der Waals surface area (Å²) in [5.74, 6) is 0. The van der Waals surface area contributed by atoms with E-state index in [-0.39, 0.29) is 12.0 Å². The molecule has 17 nitrogen and oxygen atoms in total. The van der Waals surface area contributed by atoms with Gasteiger partial charge < -0.3 is 29.1 Å². The first-order valence-corrected chi connectivity index (χ1v) is 13.4. The molecule has 2 heterocycles. The van der Waals surface area contributed by atoms with Crippen LogP contribution < -0.4 is 11.2 Å². The molecule has 1 aliphatic heterocycles. The van der Waals surface area contributed by atoms with Gasteiger partial charge in [0.15, 0.2) is 6.10 Å². The van der Waals surface area contributed by atoms with E-state index in [2.05, 4.69) is 23.3 Å². The Kier molecular flexibility index (Phi) is 8.77. The van der Waals surface area contributed by atoms with E-state index in [1.54, 1.807) is 13.8 Å². The molecule has 1 aromatic heterocycles. The van der Waals surface area contributed by atoms with Gasteiger partial charge in [-0.1, -0.05) is 5.16 Å². The second-order valence-electron chi connectivity index (χ2n) is 6.91. The maximum absolute atomic E-state index is 12.1. The molecule has 20 heteroatoms. The Labute approximate surface area is 185 Å². The van der Waals surface area contributed by atoms with Crippen LogP contribution in [0.1, 0.15) is 32.1 Å². The number of nitrogens with zero attached hydrogens (tertiary/aromatic N) is 2. The van der Waals surface area contributed by atoms with Gasteiger partial charge in [-0.05, 0) is 20.8 Å². The Balaban J connectivity index is 2.18. The average molecular weight is 537 g/mol. The molecule has 33 heavy (non-hydrogen) atoms. The van der Waals surface area contributed by atoms with Crippen molar-refractivity contribution in [2.24, 2.45) is 5.16 Å². The molecule has 0 aromatic carbocycles.